The second-order valence-corrected chi connectivity index (χ2v) is 4.73. The van der Waals surface area contributed by atoms with Crippen LogP contribution in [0.2, 0.25) is 0 Å². The van der Waals surface area contributed by atoms with Crippen molar-refractivity contribution in [1.29, 1.82) is 0 Å². The molecule has 0 bridgehead atoms. The van der Waals surface area contributed by atoms with E-state index in [0.717, 1.165) is 26.0 Å². The Labute approximate surface area is 111 Å². The van der Waals surface area contributed by atoms with Gasteiger partial charge < -0.3 is 10.1 Å². The molecule has 0 spiro atoms. The normalized spacial score (nSPS) is 12.6. The molecular weight excluding hydrogens is 224 g/mol. The van der Waals surface area contributed by atoms with E-state index in [1.54, 1.807) is 7.11 Å². The first-order chi connectivity index (χ1) is 8.79. The minimum Gasteiger partial charge on any atom is -0.385 e. The van der Waals surface area contributed by atoms with Crippen molar-refractivity contribution in [2.24, 2.45) is 0 Å². The van der Waals surface area contributed by atoms with Crippen LogP contribution in [0.25, 0.3) is 0 Å². The molecule has 18 heavy (non-hydrogen) atoms. The van der Waals surface area contributed by atoms with Crippen molar-refractivity contribution in [2.75, 3.05) is 20.3 Å². The summed E-state index contributed by atoms with van der Waals surface area (Å²) in [4.78, 5) is 4.17. The van der Waals surface area contributed by atoms with E-state index < -0.39 is 0 Å². The average Bonchev–Trinajstić information content (AvgIpc) is 2.39. The average molecular weight is 250 g/mol. The Bertz CT molecular complexity index is 328. The van der Waals surface area contributed by atoms with Crippen LogP contribution >= 0.6 is 0 Å². The van der Waals surface area contributed by atoms with Crippen LogP contribution in [0.5, 0.6) is 0 Å². The minimum absolute atomic E-state index is 0.449. The number of nitrogens with one attached hydrogen (secondary N) is 1. The molecule has 0 saturated carbocycles. The SMILES string of the molecule is CCCNC(CCCCOC)c1ccncc1C. The fourth-order valence-corrected chi connectivity index (χ4v) is 2.16. The lowest BCUT2D eigenvalue weighted by Crippen LogP contribution is -2.23. The molecule has 1 unspecified atom stereocenters. The molecule has 102 valence electrons. The Morgan fingerprint density at radius 3 is 2.89 bits per heavy atom. The third kappa shape index (κ3) is 5.15. The molecule has 1 heterocycles. The maximum absolute atomic E-state index is 5.10. The standard InChI is InChI=1S/C15H26N2O/c1-4-9-17-15(7-5-6-11-18-3)14-8-10-16-12-13(14)2/h8,10,12,15,17H,4-7,9,11H2,1-3H3. The third-order valence-corrected chi connectivity index (χ3v) is 3.17. The van der Waals surface area contributed by atoms with Gasteiger partial charge in [0.05, 0.1) is 0 Å². The van der Waals surface area contributed by atoms with E-state index in [4.69, 9.17) is 4.74 Å². The lowest BCUT2D eigenvalue weighted by Gasteiger charge is -2.20. The van der Waals surface area contributed by atoms with Gasteiger partial charge in [-0.2, -0.15) is 0 Å². The summed E-state index contributed by atoms with van der Waals surface area (Å²) in [6, 6.07) is 2.59. The lowest BCUT2D eigenvalue weighted by atomic mass is 9.98. The van der Waals surface area contributed by atoms with E-state index in [1.807, 2.05) is 12.4 Å². The second kappa shape index (κ2) is 9.06. The van der Waals surface area contributed by atoms with Crippen LogP contribution in [0.15, 0.2) is 18.5 Å². The Hall–Kier alpha value is -0.930. The summed E-state index contributed by atoms with van der Waals surface area (Å²) in [5, 5.41) is 3.63. The van der Waals surface area contributed by atoms with E-state index in [0.29, 0.717) is 6.04 Å². The number of rotatable bonds is 9. The van der Waals surface area contributed by atoms with Crippen LogP contribution in [0, 0.1) is 6.92 Å². The number of pyridine rings is 1. The maximum atomic E-state index is 5.10. The topological polar surface area (TPSA) is 34.1 Å². The van der Waals surface area contributed by atoms with Crippen LogP contribution in [-0.4, -0.2) is 25.2 Å². The first-order valence-corrected chi connectivity index (χ1v) is 6.92. The summed E-state index contributed by atoms with van der Waals surface area (Å²) in [6.45, 7) is 6.26. The highest BCUT2D eigenvalue weighted by Gasteiger charge is 2.12. The number of hydrogen-bond acceptors (Lipinski definition) is 3. The molecule has 1 aromatic heterocycles. The Morgan fingerprint density at radius 1 is 1.39 bits per heavy atom. The highest BCUT2D eigenvalue weighted by Crippen LogP contribution is 2.22. The number of methoxy groups -OCH3 is 1. The molecule has 1 atom stereocenters. The van der Waals surface area contributed by atoms with Crippen molar-refractivity contribution in [3.63, 3.8) is 0 Å². The van der Waals surface area contributed by atoms with Gasteiger partial charge in [-0.3, -0.25) is 4.98 Å². The molecule has 0 radical (unpaired) electrons. The van der Waals surface area contributed by atoms with Crippen molar-refractivity contribution in [1.82, 2.24) is 10.3 Å². The number of nitrogens with zero attached hydrogens (tertiary/aromatic N) is 1. The number of aryl methyl sites for hydroxylation is 1. The summed E-state index contributed by atoms with van der Waals surface area (Å²) in [5.74, 6) is 0. The summed E-state index contributed by atoms with van der Waals surface area (Å²) < 4.78 is 5.10. The summed E-state index contributed by atoms with van der Waals surface area (Å²) in [5.41, 5.74) is 2.66. The van der Waals surface area contributed by atoms with Gasteiger partial charge in [0.15, 0.2) is 0 Å². The molecule has 0 aliphatic rings. The number of hydrogen-bond donors (Lipinski definition) is 1. The third-order valence-electron chi connectivity index (χ3n) is 3.17. The van der Waals surface area contributed by atoms with Gasteiger partial charge in [-0.25, -0.2) is 0 Å². The highest BCUT2D eigenvalue weighted by molar-refractivity contribution is 5.25. The molecule has 0 saturated heterocycles. The van der Waals surface area contributed by atoms with E-state index in [2.05, 4.69) is 30.2 Å². The highest BCUT2D eigenvalue weighted by atomic mass is 16.5. The number of ether oxygens (including phenoxy) is 1. The van der Waals surface area contributed by atoms with Gasteiger partial charge in [0.1, 0.15) is 0 Å². The Kier molecular flexibility index (Phi) is 7.62. The monoisotopic (exact) mass is 250 g/mol. The van der Waals surface area contributed by atoms with E-state index in [-0.39, 0.29) is 0 Å². The minimum atomic E-state index is 0.449. The predicted octanol–water partition coefficient (Wildman–Crippen LogP) is 3.25. The molecule has 1 rings (SSSR count). The molecule has 3 nitrogen and oxygen atoms in total. The van der Waals surface area contributed by atoms with Crippen molar-refractivity contribution in [2.45, 2.75) is 45.6 Å². The molecule has 0 aliphatic heterocycles. The Balaban J connectivity index is 2.57. The van der Waals surface area contributed by atoms with Gasteiger partial charge in [0.2, 0.25) is 0 Å². The van der Waals surface area contributed by atoms with E-state index >= 15 is 0 Å². The van der Waals surface area contributed by atoms with Gasteiger partial charge in [0, 0.05) is 32.2 Å². The molecule has 0 aliphatic carbocycles. The van der Waals surface area contributed by atoms with Gasteiger partial charge >= 0.3 is 0 Å². The Morgan fingerprint density at radius 2 is 2.22 bits per heavy atom. The van der Waals surface area contributed by atoms with Gasteiger partial charge in [-0.05, 0) is 56.3 Å². The zero-order chi connectivity index (χ0) is 13.2. The second-order valence-electron chi connectivity index (χ2n) is 4.73. The quantitative estimate of drug-likeness (QED) is 0.683. The number of unbranched alkanes of at least 4 members (excludes halogenated alkanes) is 1. The number of aromatic nitrogens is 1. The van der Waals surface area contributed by atoms with E-state index in [1.165, 1.54) is 24.0 Å². The fourth-order valence-electron chi connectivity index (χ4n) is 2.16. The fraction of sp³-hybridized carbons (Fsp3) is 0.667. The van der Waals surface area contributed by atoms with Crippen LogP contribution in [0.3, 0.4) is 0 Å². The zero-order valence-electron chi connectivity index (χ0n) is 11.9. The maximum Gasteiger partial charge on any atom is 0.0462 e. The van der Waals surface area contributed by atoms with Crippen LogP contribution in [-0.2, 0) is 4.74 Å². The van der Waals surface area contributed by atoms with Crippen LogP contribution in [0.1, 0.15) is 49.8 Å². The largest absolute Gasteiger partial charge is 0.385 e. The summed E-state index contributed by atoms with van der Waals surface area (Å²) in [6.07, 6.45) is 8.48. The summed E-state index contributed by atoms with van der Waals surface area (Å²) >= 11 is 0. The van der Waals surface area contributed by atoms with Gasteiger partial charge in [-0.15, -0.1) is 0 Å². The van der Waals surface area contributed by atoms with Crippen molar-refractivity contribution in [3.8, 4) is 0 Å². The van der Waals surface area contributed by atoms with Crippen molar-refractivity contribution >= 4 is 0 Å². The molecule has 0 fully saturated rings. The predicted molar refractivity (Wildman–Crippen MR) is 75.7 cm³/mol. The summed E-state index contributed by atoms with van der Waals surface area (Å²) in [7, 11) is 1.76. The first-order valence-electron chi connectivity index (χ1n) is 6.92. The van der Waals surface area contributed by atoms with Gasteiger partial charge in [0.25, 0.3) is 0 Å². The molecule has 1 aromatic rings. The lowest BCUT2D eigenvalue weighted by molar-refractivity contribution is 0.191. The van der Waals surface area contributed by atoms with E-state index in [9.17, 15) is 0 Å². The molecular formula is C15H26N2O. The molecule has 3 heteroatoms. The molecule has 1 N–H and O–H groups in total. The van der Waals surface area contributed by atoms with Gasteiger partial charge in [-0.1, -0.05) is 6.92 Å². The van der Waals surface area contributed by atoms with Crippen molar-refractivity contribution < 1.29 is 4.74 Å². The van der Waals surface area contributed by atoms with Crippen LogP contribution < -0.4 is 5.32 Å². The first kappa shape index (κ1) is 15.1. The van der Waals surface area contributed by atoms with Crippen molar-refractivity contribution in [3.05, 3.63) is 29.6 Å². The van der Waals surface area contributed by atoms with Crippen LogP contribution in [0.4, 0.5) is 0 Å². The molecule has 0 aromatic carbocycles. The molecule has 0 amide bonds. The smallest absolute Gasteiger partial charge is 0.0462 e. The zero-order valence-corrected chi connectivity index (χ0v) is 11.9.